The minimum Gasteiger partial charge on any atom is -0.516 e. The highest BCUT2D eigenvalue weighted by molar-refractivity contribution is 6.30. The number of aromatic nitrogens is 2. The van der Waals surface area contributed by atoms with E-state index in [0.717, 1.165) is 49.5 Å². The second kappa shape index (κ2) is 14.4. The summed E-state index contributed by atoms with van der Waals surface area (Å²) >= 11 is 6.37. The van der Waals surface area contributed by atoms with Gasteiger partial charge in [0.25, 0.3) is 11.9 Å². The van der Waals surface area contributed by atoms with Crippen LogP contribution in [0, 0.1) is 0 Å². The monoisotopic (exact) mass is 527 g/mol. The van der Waals surface area contributed by atoms with Gasteiger partial charge in [0.05, 0.1) is 23.1 Å². The van der Waals surface area contributed by atoms with Gasteiger partial charge in [-0.05, 0) is 42.3 Å². The van der Waals surface area contributed by atoms with Gasteiger partial charge in [0.15, 0.2) is 5.15 Å². The highest BCUT2D eigenvalue weighted by Crippen LogP contribution is 2.22. The first-order valence-electron chi connectivity index (χ1n) is 11.6. The molecule has 1 heterocycles. The molecular formula is C27H30ClN3O6. The molecule has 9 nitrogen and oxygen atoms in total. The van der Waals surface area contributed by atoms with Crippen molar-refractivity contribution < 1.29 is 29.7 Å². The Kier molecular flexibility index (Phi) is 11.4. The number of rotatable bonds is 10. The number of aliphatic hydroxyl groups is 1. The SMILES string of the molecule is CC(=O)O.CCCCc1nc(Cl)c(CC=CO)n1Cc1ccc(NC(=O)c2ccccc2C(=O)O)cc1. The summed E-state index contributed by atoms with van der Waals surface area (Å²) in [5, 5.41) is 29.0. The summed E-state index contributed by atoms with van der Waals surface area (Å²) in [6, 6.07) is 13.4. The fraction of sp³-hybridized carbons (Fsp3) is 0.259. The quantitative estimate of drug-likeness (QED) is 0.252. The number of carbonyl (C=O) groups excluding carboxylic acids is 1. The molecule has 0 saturated carbocycles. The first-order valence-corrected chi connectivity index (χ1v) is 12.0. The molecule has 0 aliphatic rings. The Hall–Kier alpha value is -4.11. The highest BCUT2D eigenvalue weighted by Gasteiger charge is 2.17. The van der Waals surface area contributed by atoms with Gasteiger partial charge in [-0.3, -0.25) is 9.59 Å². The number of carboxylic acid groups (broad SMARTS) is 2. The lowest BCUT2D eigenvalue weighted by molar-refractivity contribution is -0.134. The summed E-state index contributed by atoms with van der Waals surface area (Å²) in [5.74, 6) is -1.58. The predicted octanol–water partition coefficient (Wildman–Crippen LogP) is 5.58. The van der Waals surface area contributed by atoms with E-state index in [0.29, 0.717) is 23.8 Å². The Morgan fingerprint density at radius 1 is 1.05 bits per heavy atom. The van der Waals surface area contributed by atoms with Crippen LogP contribution < -0.4 is 5.32 Å². The van der Waals surface area contributed by atoms with Gasteiger partial charge in [0.1, 0.15) is 5.82 Å². The number of aliphatic carboxylic acids is 1. The van der Waals surface area contributed by atoms with Crippen molar-refractivity contribution in [3.8, 4) is 0 Å². The van der Waals surface area contributed by atoms with Crippen LogP contribution in [-0.4, -0.2) is 42.7 Å². The Morgan fingerprint density at radius 2 is 1.68 bits per heavy atom. The molecule has 0 spiro atoms. The van der Waals surface area contributed by atoms with Crippen LogP contribution in [0.15, 0.2) is 60.9 Å². The topological polar surface area (TPSA) is 142 Å². The fourth-order valence-electron chi connectivity index (χ4n) is 3.52. The second-order valence-electron chi connectivity index (χ2n) is 8.06. The third-order valence-electron chi connectivity index (χ3n) is 5.23. The minimum absolute atomic E-state index is 0.0485. The lowest BCUT2D eigenvalue weighted by Crippen LogP contribution is -2.16. The van der Waals surface area contributed by atoms with E-state index in [1.54, 1.807) is 30.3 Å². The van der Waals surface area contributed by atoms with Crippen LogP contribution in [0.5, 0.6) is 0 Å². The molecule has 0 atom stereocenters. The number of amides is 1. The normalized spacial score (nSPS) is 10.6. The minimum atomic E-state index is -1.15. The number of hydrogen-bond donors (Lipinski definition) is 4. The summed E-state index contributed by atoms with van der Waals surface area (Å²) in [6.45, 7) is 3.75. The van der Waals surface area contributed by atoms with Gasteiger partial charge in [-0.2, -0.15) is 0 Å². The maximum absolute atomic E-state index is 12.6. The molecule has 37 heavy (non-hydrogen) atoms. The number of nitrogens with zero attached hydrogens (tertiary/aromatic N) is 2. The van der Waals surface area contributed by atoms with Gasteiger partial charge in [0.2, 0.25) is 0 Å². The molecular weight excluding hydrogens is 498 g/mol. The van der Waals surface area contributed by atoms with E-state index >= 15 is 0 Å². The fourth-order valence-corrected chi connectivity index (χ4v) is 3.80. The molecule has 4 N–H and O–H groups in total. The van der Waals surface area contributed by atoms with E-state index in [9.17, 15) is 14.7 Å². The maximum Gasteiger partial charge on any atom is 0.336 e. The zero-order chi connectivity index (χ0) is 27.4. The number of aliphatic hydroxyl groups excluding tert-OH is 1. The van der Waals surface area contributed by atoms with Crippen molar-refractivity contribution in [2.75, 3.05) is 5.32 Å². The van der Waals surface area contributed by atoms with E-state index < -0.39 is 17.8 Å². The van der Waals surface area contributed by atoms with Gasteiger partial charge in [0, 0.05) is 32.0 Å². The van der Waals surface area contributed by atoms with Crippen molar-refractivity contribution in [1.82, 2.24) is 9.55 Å². The molecule has 10 heteroatoms. The molecule has 1 amide bonds. The Labute approximate surface area is 220 Å². The predicted molar refractivity (Wildman–Crippen MR) is 142 cm³/mol. The van der Waals surface area contributed by atoms with Crippen LogP contribution in [0.2, 0.25) is 5.15 Å². The van der Waals surface area contributed by atoms with Crippen LogP contribution in [-0.2, 0) is 24.2 Å². The molecule has 0 bridgehead atoms. The van der Waals surface area contributed by atoms with Crippen LogP contribution >= 0.6 is 11.6 Å². The first kappa shape index (κ1) is 29.1. The average molecular weight is 528 g/mol. The van der Waals surface area contributed by atoms with Gasteiger partial charge < -0.3 is 25.2 Å². The summed E-state index contributed by atoms with van der Waals surface area (Å²) in [7, 11) is 0. The van der Waals surface area contributed by atoms with Crippen molar-refractivity contribution in [2.24, 2.45) is 0 Å². The van der Waals surface area contributed by atoms with Crippen LogP contribution in [0.3, 0.4) is 0 Å². The number of nitrogens with one attached hydrogen (secondary N) is 1. The van der Waals surface area contributed by atoms with Crippen molar-refractivity contribution in [3.05, 3.63) is 94.2 Å². The van der Waals surface area contributed by atoms with E-state index in [4.69, 9.17) is 26.6 Å². The summed E-state index contributed by atoms with van der Waals surface area (Å²) in [6.07, 6.45) is 5.92. The maximum atomic E-state index is 12.6. The van der Waals surface area contributed by atoms with Gasteiger partial charge >= 0.3 is 5.97 Å². The summed E-state index contributed by atoms with van der Waals surface area (Å²) < 4.78 is 2.06. The molecule has 196 valence electrons. The van der Waals surface area contributed by atoms with E-state index in [2.05, 4.69) is 21.8 Å². The molecule has 3 aromatic rings. The zero-order valence-corrected chi connectivity index (χ0v) is 21.4. The van der Waals surface area contributed by atoms with Gasteiger partial charge in [-0.25, -0.2) is 9.78 Å². The smallest absolute Gasteiger partial charge is 0.336 e. The Morgan fingerprint density at radius 3 is 2.24 bits per heavy atom. The second-order valence-corrected chi connectivity index (χ2v) is 8.42. The summed E-state index contributed by atoms with van der Waals surface area (Å²) in [5.41, 5.74) is 2.43. The Bertz CT molecular complexity index is 1250. The molecule has 0 saturated heterocycles. The Balaban J connectivity index is 0.00000112. The average Bonchev–Trinajstić information content (AvgIpc) is 3.15. The number of anilines is 1. The van der Waals surface area contributed by atoms with Crippen molar-refractivity contribution >= 4 is 35.1 Å². The number of aromatic carboxylic acids is 1. The molecule has 3 rings (SSSR count). The number of halogens is 1. The van der Waals surface area contributed by atoms with Crippen molar-refractivity contribution in [1.29, 1.82) is 0 Å². The van der Waals surface area contributed by atoms with Crippen molar-refractivity contribution in [3.63, 3.8) is 0 Å². The van der Waals surface area contributed by atoms with Crippen LogP contribution in [0.4, 0.5) is 5.69 Å². The number of imidazole rings is 1. The van der Waals surface area contributed by atoms with Crippen LogP contribution in [0.1, 0.15) is 64.5 Å². The number of carbonyl (C=O) groups is 3. The number of benzene rings is 2. The molecule has 1 aromatic heterocycles. The number of carboxylic acids is 2. The van der Waals surface area contributed by atoms with Crippen molar-refractivity contribution in [2.45, 2.75) is 46.1 Å². The number of unbranched alkanes of at least 4 members (excludes halogenated alkanes) is 1. The largest absolute Gasteiger partial charge is 0.516 e. The number of hydrogen-bond acceptors (Lipinski definition) is 5. The molecule has 0 aliphatic carbocycles. The molecule has 0 unspecified atom stereocenters. The number of aryl methyl sites for hydroxylation is 1. The highest BCUT2D eigenvalue weighted by atomic mass is 35.5. The zero-order valence-electron chi connectivity index (χ0n) is 20.6. The van der Waals surface area contributed by atoms with Gasteiger partial charge in [-0.15, -0.1) is 0 Å². The third kappa shape index (κ3) is 8.80. The molecule has 2 aromatic carbocycles. The first-order chi connectivity index (χ1) is 17.7. The summed E-state index contributed by atoms with van der Waals surface area (Å²) in [4.78, 5) is 37.5. The standard InChI is InChI=1S/C25H26ClN3O4.C2H4O2/c1-2-3-10-22-28-23(26)21(9-6-15-30)29(22)16-17-11-13-18(14-12-17)27-24(31)19-7-4-5-8-20(19)25(32)33;1-2(3)4/h4-8,11-15,30H,2-3,9-10,16H2,1H3,(H,27,31)(H,32,33);1H3,(H,3,4). The van der Waals surface area contributed by atoms with E-state index in [-0.39, 0.29) is 11.1 Å². The van der Waals surface area contributed by atoms with E-state index in [1.165, 1.54) is 12.1 Å². The lowest BCUT2D eigenvalue weighted by Gasteiger charge is -2.13. The molecule has 0 radical (unpaired) electrons. The van der Waals surface area contributed by atoms with Gasteiger partial charge in [-0.1, -0.05) is 49.2 Å². The molecule has 0 fully saturated rings. The lowest BCUT2D eigenvalue weighted by atomic mass is 10.1. The van der Waals surface area contributed by atoms with E-state index in [1.807, 2.05) is 12.1 Å². The molecule has 0 aliphatic heterocycles. The number of allylic oxidation sites excluding steroid dienone is 1. The van der Waals surface area contributed by atoms with Crippen LogP contribution in [0.25, 0.3) is 0 Å². The third-order valence-corrected chi connectivity index (χ3v) is 5.53.